The summed E-state index contributed by atoms with van der Waals surface area (Å²) in [6.07, 6.45) is 1.81. The van der Waals surface area contributed by atoms with Crippen molar-refractivity contribution >= 4 is 21.7 Å². The van der Waals surface area contributed by atoms with Crippen LogP contribution in [-0.4, -0.2) is 56.3 Å². The minimum Gasteiger partial charge on any atom is -0.494 e. The molecule has 166 valence electrons. The first-order chi connectivity index (χ1) is 14.8. The standard InChI is InChI=1S/C23H28N2O5S/c1-3-30-19-10-8-17(9-11-19)12-14-24-22(26)21(13-15-31(2,28)29)25-16-18-6-4-5-7-20(18)23(25)27/h4-11,21H,3,12-16H2,1-2H3,(H,24,26). The number of hydrogen-bond donors (Lipinski definition) is 1. The topological polar surface area (TPSA) is 92.8 Å². The third kappa shape index (κ3) is 6.07. The second kappa shape index (κ2) is 9.96. The van der Waals surface area contributed by atoms with Gasteiger partial charge in [0.1, 0.15) is 21.6 Å². The zero-order valence-electron chi connectivity index (χ0n) is 17.8. The number of ether oxygens (including phenoxy) is 1. The average molecular weight is 445 g/mol. The molecular weight excluding hydrogens is 416 g/mol. The molecule has 7 nitrogen and oxygen atoms in total. The van der Waals surface area contributed by atoms with Crippen molar-refractivity contribution in [2.24, 2.45) is 0 Å². The Hall–Kier alpha value is -2.87. The van der Waals surface area contributed by atoms with Crippen LogP contribution in [0.4, 0.5) is 0 Å². The molecule has 0 radical (unpaired) electrons. The summed E-state index contributed by atoms with van der Waals surface area (Å²) in [5.74, 6) is 0.0548. The van der Waals surface area contributed by atoms with Crippen molar-refractivity contribution in [1.29, 1.82) is 0 Å². The lowest BCUT2D eigenvalue weighted by atomic mass is 10.1. The number of fused-ring (bicyclic) bond motifs is 1. The highest BCUT2D eigenvalue weighted by Crippen LogP contribution is 2.25. The van der Waals surface area contributed by atoms with Gasteiger partial charge in [-0.25, -0.2) is 8.42 Å². The Morgan fingerprint density at radius 3 is 2.52 bits per heavy atom. The van der Waals surface area contributed by atoms with Gasteiger partial charge in [0, 0.05) is 24.9 Å². The van der Waals surface area contributed by atoms with Crippen molar-refractivity contribution in [1.82, 2.24) is 10.2 Å². The number of hydrogen-bond acceptors (Lipinski definition) is 5. The van der Waals surface area contributed by atoms with Gasteiger partial charge in [0.25, 0.3) is 5.91 Å². The van der Waals surface area contributed by atoms with E-state index in [9.17, 15) is 18.0 Å². The largest absolute Gasteiger partial charge is 0.494 e. The van der Waals surface area contributed by atoms with E-state index in [4.69, 9.17) is 4.74 Å². The van der Waals surface area contributed by atoms with E-state index >= 15 is 0 Å². The van der Waals surface area contributed by atoms with Crippen LogP contribution in [0.1, 0.15) is 34.8 Å². The van der Waals surface area contributed by atoms with Crippen LogP contribution in [0.2, 0.25) is 0 Å². The van der Waals surface area contributed by atoms with Gasteiger partial charge in [-0.05, 0) is 49.1 Å². The molecule has 0 saturated heterocycles. The van der Waals surface area contributed by atoms with Crippen LogP contribution in [0.25, 0.3) is 0 Å². The van der Waals surface area contributed by atoms with Crippen LogP contribution in [0.15, 0.2) is 48.5 Å². The zero-order chi connectivity index (χ0) is 22.4. The van der Waals surface area contributed by atoms with Gasteiger partial charge < -0.3 is 15.0 Å². The van der Waals surface area contributed by atoms with E-state index in [1.165, 1.54) is 4.90 Å². The van der Waals surface area contributed by atoms with E-state index in [0.29, 0.717) is 31.7 Å². The summed E-state index contributed by atoms with van der Waals surface area (Å²) in [7, 11) is -3.27. The molecule has 1 atom stereocenters. The summed E-state index contributed by atoms with van der Waals surface area (Å²) in [6, 6.07) is 14.0. The second-order valence-electron chi connectivity index (χ2n) is 7.64. The summed E-state index contributed by atoms with van der Waals surface area (Å²) in [5, 5.41) is 2.87. The summed E-state index contributed by atoms with van der Waals surface area (Å²) in [6.45, 7) is 3.21. The molecule has 2 aromatic rings. The molecule has 2 aromatic carbocycles. The average Bonchev–Trinajstić information content (AvgIpc) is 3.05. The fraction of sp³-hybridized carbons (Fsp3) is 0.391. The molecule has 1 heterocycles. The Kier molecular flexibility index (Phi) is 7.33. The maximum atomic E-state index is 13.0. The molecule has 0 aromatic heterocycles. The Labute approximate surface area is 183 Å². The van der Waals surface area contributed by atoms with Gasteiger partial charge in [0.2, 0.25) is 5.91 Å². The Morgan fingerprint density at radius 2 is 1.87 bits per heavy atom. The number of amides is 2. The van der Waals surface area contributed by atoms with Crippen LogP contribution in [0, 0.1) is 0 Å². The highest BCUT2D eigenvalue weighted by atomic mass is 32.2. The van der Waals surface area contributed by atoms with Gasteiger partial charge in [-0.2, -0.15) is 0 Å². The minimum absolute atomic E-state index is 0.0629. The number of benzene rings is 2. The van der Waals surface area contributed by atoms with Gasteiger partial charge in [0.15, 0.2) is 0 Å². The Bertz CT molecular complexity index is 1030. The molecule has 0 spiro atoms. The predicted octanol–water partition coefficient (Wildman–Crippen LogP) is 2.20. The molecule has 8 heteroatoms. The molecule has 1 N–H and O–H groups in total. The summed E-state index contributed by atoms with van der Waals surface area (Å²) >= 11 is 0. The fourth-order valence-corrected chi connectivity index (χ4v) is 4.30. The van der Waals surface area contributed by atoms with E-state index in [1.54, 1.807) is 12.1 Å². The molecule has 1 aliphatic rings. The SMILES string of the molecule is CCOc1ccc(CCNC(=O)C(CCS(C)(=O)=O)N2Cc3ccccc3C2=O)cc1. The van der Waals surface area contributed by atoms with Crippen LogP contribution in [-0.2, 0) is 27.6 Å². The zero-order valence-corrected chi connectivity index (χ0v) is 18.7. The Morgan fingerprint density at radius 1 is 1.16 bits per heavy atom. The van der Waals surface area contributed by atoms with Crippen LogP contribution >= 0.6 is 0 Å². The molecule has 2 amide bonds. The lowest BCUT2D eigenvalue weighted by Crippen LogP contribution is -2.48. The summed E-state index contributed by atoms with van der Waals surface area (Å²) in [4.78, 5) is 27.3. The van der Waals surface area contributed by atoms with Gasteiger partial charge >= 0.3 is 0 Å². The lowest BCUT2D eigenvalue weighted by molar-refractivity contribution is -0.125. The molecule has 1 aliphatic heterocycles. The number of carbonyl (C=O) groups is 2. The fourth-order valence-electron chi connectivity index (χ4n) is 3.65. The van der Waals surface area contributed by atoms with E-state index in [-0.39, 0.29) is 24.0 Å². The van der Waals surface area contributed by atoms with Crippen molar-refractivity contribution in [2.45, 2.75) is 32.4 Å². The normalized spacial score (nSPS) is 14.3. The number of nitrogens with one attached hydrogen (secondary N) is 1. The first-order valence-electron chi connectivity index (χ1n) is 10.3. The van der Waals surface area contributed by atoms with Crippen molar-refractivity contribution in [3.63, 3.8) is 0 Å². The van der Waals surface area contributed by atoms with E-state index in [1.807, 2.05) is 43.3 Å². The number of carbonyl (C=O) groups excluding carboxylic acids is 2. The van der Waals surface area contributed by atoms with E-state index < -0.39 is 15.9 Å². The third-order valence-electron chi connectivity index (χ3n) is 5.24. The quantitative estimate of drug-likeness (QED) is 0.607. The van der Waals surface area contributed by atoms with Crippen LogP contribution in [0.3, 0.4) is 0 Å². The number of nitrogens with zero attached hydrogens (tertiary/aromatic N) is 1. The Balaban J connectivity index is 1.65. The maximum Gasteiger partial charge on any atom is 0.255 e. The van der Waals surface area contributed by atoms with E-state index in [0.717, 1.165) is 23.1 Å². The van der Waals surface area contributed by atoms with Crippen LogP contribution in [0.5, 0.6) is 5.75 Å². The molecule has 0 aliphatic carbocycles. The molecule has 1 unspecified atom stereocenters. The molecule has 0 saturated carbocycles. The van der Waals surface area contributed by atoms with E-state index in [2.05, 4.69) is 5.32 Å². The first kappa shape index (κ1) is 22.8. The predicted molar refractivity (Wildman–Crippen MR) is 119 cm³/mol. The minimum atomic E-state index is -3.27. The van der Waals surface area contributed by atoms with Gasteiger partial charge in [-0.1, -0.05) is 30.3 Å². The second-order valence-corrected chi connectivity index (χ2v) is 9.90. The summed E-state index contributed by atoms with van der Waals surface area (Å²) in [5.41, 5.74) is 2.45. The van der Waals surface area contributed by atoms with Crippen LogP contribution < -0.4 is 10.1 Å². The molecular formula is C23H28N2O5S. The van der Waals surface area contributed by atoms with Gasteiger partial charge in [0.05, 0.1) is 12.4 Å². The highest BCUT2D eigenvalue weighted by Gasteiger charge is 2.36. The number of sulfone groups is 1. The van der Waals surface area contributed by atoms with Crippen molar-refractivity contribution < 1.29 is 22.7 Å². The smallest absolute Gasteiger partial charge is 0.255 e. The monoisotopic (exact) mass is 444 g/mol. The van der Waals surface area contributed by atoms with Crippen molar-refractivity contribution in [2.75, 3.05) is 25.2 Å². The lowest BCUT2D eigenvalue weighted by Gasteiger charge is -2.26. The van der Waals surface area contributed by atoms with Crippen molar-refractivity contribution in [3.8, 4) is 5.75 Å². The maximum absolute atomic E-state index is 13.0. The number of rotatable bonds is 10. The molecule has 0 fully saturated rings. The van der Waals surface area contributed by atoms with Crippen molar-refractivity contribution in [3.05, 3.63) is 65.2 Å². The van der Waals surface area contributed by atoms with Gasteiger partial charge in [-0.3, -0.25) is 9.59 Å². The third-order valence-corrected chi connectivity index (χ3v) is 6.21. The van der Waals surface area contributed by atoms with Gasteiger partial charge in [-0.15, -0.1) is 0 Å². The first-order valence-corrected chi connectivity index (χ1v) is 12.4. The highest BCUT2D eigenvalue weighted by molar-refractivity contribution is 7.90. The summed E-state index contributed by atoms with van der Waals surface area (Å²) < 4.78 is 28.8. The molecule has 31 heavy (non-hydrogen) atoms. The molecule has 0 bridgehead atoms. The molecule has 3 rings (SSSR count).